The lowest BCUT2D eigenvalue weighted by Crippen LogP contribution is -2.24. The van der Waals surface area contributed by atoms with E-state index in [0.717, 1.165) is 0 Å². The molecule has 0 saturated heterocycles. The fourth-order valence-corrected chi connectivity index (χ4v) is 1.96. The molecule has 0 aliphatic carbocycles. The van der Waals surface area contributed by atoms with Crippen molar-refractivity contribution in [3.8, 4) is 0 Å². The molecule has 0 aliphatic rings. The van der Waals surface area contributed by atoms with Gasteiger partial charge < -0.3 is 9.88 Å². The molecule has 0 fully saturated rings. The third-order valence-electron chi connectivity index (χ3n) is 2.66. The highest BCUT2D eigenvalue weighted by molar-refractivity contribution is 6.31. The van der Waals surface area contributed by atoms with Gasteiger partial charge in [-0.2, -0.15) is 0 Å². The minimum atomic E-state index is -0.504. The van der Waals surface area contributed by atoms with Gasteiger partial charge in [0.1, 0.15) is 5.82 Å². The number of rotatable bonds is 4. The first-order valence-electron chi connectivity index (χ1n) is 6.25. The van der Waals surface area contributed by atoms with Crippen molar-refractivity contribution in [3.05, 3.63) is 51.8 Å². The van der Waals surface area contributed by atoms with Crippen LogP contribution in [0.1, 0.15) is 13.8 Å². The molecular formula is C14H15ClFN3O. The summed E-state index contributed by atoms with van der Waals surface area (Å²) in [5.74, 6) is 0.0366. The van der Waals surface area contributed by atoms with Gasteiger partial charge in [0.2, 0.25) is 0 Å². The summed E-state index contributed by atoms with van der Waals surface area (Å²) in [4.78, 5) is 16.2. The molecular weight excluding hydrogens is 281 g/mol. The maximum Gasteiger partial charge on any atom is 0.293 e. The zero-order chi connectivity index (χ0) is 14.7. The van der Waals surface area contributed by atoms with Crippen molar-refractivity contribution in [2.24, 2.45) is 5.92 Å². The monoisotopic (exact) mass is 295 g/mol. The molecule has 0 amide bonds. The molecule has 0 radical (unpaired) electrons. The number of halogens is 2. The van der Waals surface area contributed by atoms with Crippen LogP contribution in [0, 0.1) is 11.7 Å². The van der Waals surface area contributed by atoms with E-state index in [-0.39, 0.29) is 16.4 Å². The smallest absolute Gasteiger partial charge is 0.293 e. The van der Waals surface area contributed by atoms with Gasteiger partial charge in [-0.15, -0.1) is 0 Å². The van der Waals surface area contributed by atoms with Crippen molar-refractivity contribution >= 4 is 23.1 Å². The molecule has 2 aromatic rings. The van der Waals surface area contributed by atoms with Crippen LogP contribution in [0.15, 0.2) is 35.4 Å². The van der Waals surface area contributed by atoms with E-state index in [1.54, 1.807) is 17.0 Å². The Labute approximate surface area is 121 Å². The Bertz CT molecular complexity index is 670. The average molecular weight is 296 g/mol. The average Bonchev–Trinajstić information content (AvgIpc) is 2.38. The second-order valence-electron chi connectivity index (χ2n) is 4.88. The van der Waals surface area contributed by atoms with Gasteiger partial charge in [0.15, 0.2) is 5.82 Å². The number of hydrogen-bond acceptors (Lipinski definition) is 3. The van der Waals surface area contributed by atoms with Crippen molar-refractivity contribution in [2.75, 3.05) is 5.32 Å². The molecule has 0 spiro atoms. The van der Waals surface area contributed by atoms with Gasteiger partial charge in [0.05, 0.1) is 5.02 Å². The van der Waals surface area contributed by atoms with Crippen molar-refractivity contribution in [1.29, 1.82) is 0 Å². The molecule has 106 valence electrons. The van der Waals surface area contributed by atoms with Crippen molar-refractivity contribution in [3.63, 3.8) is 0 Å². The Morgan fingerprint density at radius 1 is 1.45 bits per heavy atom. The largest absolute Gasteiger partial charge is 0.336 e. The van der Waals surface area contributed by atoms with Crippen LogP contribution in [-0.2, 0) is 6.54 Å². The van der Waals surface area contributed by atoms with E-state index in [2.05, 4.69) is 10.3 Å². The molecule has 1 heterocycles. The number of nitrogens with one attached hydrogen (secondary N) is 1. The lowest BCUT2D eigenvalue weighted by molar-refractivity contribution is 0.510. The molecule has 1 aromatic heterocycles. The van der Waals surface area contributed by atoms with E-state index in [1.807, 2.05) is 13.8 Å². The number of aromatic nitrogens is 2. The highest BCUT2D eigenvalue weighted by Gasteiger charge is 2.08. The standard InChI is InChI=1S/C14H15ClFN3O/c1-9(2)8-19-6-5-17-13(14(19)20)18-10-3-4-12(16)11(15)7-10/h3-7,9H,8H2,1-2H3,(H,17,18). The molecule has 20 heavy (non-hydrogen) atoms. The number of benzene rings is 1. The Hall–Kier alpha value is -1.88. The van der Waals surface area contributed by atoms with E-state index in [9.17, 15) is 9.18 Å². The highest BCUT2D eigenvalue weighted by atomic mass is 35.5. The highest BCUT2D eigenvalue weighted by Crippen LogP contribution is 2.20. The van der Waals surface area contributed by atoms with Crippen LogP contribution < -0.4 is 10.9 Å². The third-order valence-corrected chi connectivity index (χ3v) is 2.95. The second-order valence-corrected chi connectivity index (χ2v) is 5.29. The van der Waals surface area contributed by atoms with Crippen LogP contribution in [0.4, 0.5) is 15.9 Å². The summed E-state index contributed by atoms with van der Waals surface area (Å²) in [5, 5.41) is 2.85. The molecule has 0 saturated carbocycles. The topological polar surface area (TPSA) is 46.9 Å². The molecule has 0 unspecified atom stereocenters. The molecule has 4 nitrogen and oxygen atoms in total. The Balaban J connectivity index is 2.29. The third kappa shape index (κ3) is 3.36. The number of anilines is 2. The molecule has 0 bridgehead atoms. The summed E-state index contributed by atoms with van der Waals surface area (Å²) < 4.78 is 14.7. The zero-order valence-electron chi connectivity index (χ0n) is 11.2. The first-order valence-corrected chi connectivity index (χ1v) is 6.62. The van der Waals surface area contributed by atoms with E-state index >= 15 is 0 Å². The van der Waals surface area contributed by atoms with Crippen LogP contribution in [0.2, 0.25) is 5.02 Å². The quantitative estimate of drug-likeness (QED) is 0.940. The SMILES string of the molecule is CC(C)Cn1ccnc(Nc2ccc(F)c(Cl)c2)c1=O. The fourth-order valence-electron chi connectivity index (χ4n) is 1.78. The molecule has 1 aromatic carbocycles. The maximum atomic E-state index is 13.1. The maximum absolute atomic E-state index is 13.1. The molecule has 0 atom stereocenters. The van der Waals surface area contributed by atoms with Gasteiger partial charge in [-0.05, 0) is 24.1 Å². The van der Waals surface area contributed by atoms with Crippen LogP contribution in [0.5, 0.6) is 0 Å². The lowest BCUT2D eigenvalue weighted by Gasteiger charge is -2.11. The van der Waals surface area contributed by atoms with E-state index in [0.29, 0.717) is 18.2 Å². The van der Waals surface area contributed by atoms with Crippen LogP contribution in [0.3, 0.4) is 0 Å². The van der Waals surface area contributed by atoms with Gasteiger partial charge >= 0.3 is 0 Å². The van der Waals surface area contributed by atoms with Crippen molar-refractivity contribution in [1.82, 2.24) is 9.55 Å². The normalized spacial score (nSPS) is 10.8. The second kappa shape index (κ2) is 6.05. The predicted molar refractivity (Wildman–Crippen MR) is 78.0 cm³/mol. The van der Waals surface area contributed by atoms with Crippen molar-refractivity contribution in [2.45, 2.75) is 20.4 Å². The summed E-state index contributed by atoms with van der Waals surface area (Å²) in [6, 6.07) is 4.15. The molecule has 1 N–H and O–H groups in total. The number of hydrogen-bond donors (Lipinski definition) is 1. The van der Waals surface area contributed by atoms with Crippen LogP contribution in [0.25, 0.3) is 0 Å². The summed E-state index contributed by atoms with van der Waals surface area (Å²) in [5.41, 5.74) is 0.296. The summed E-state index contributed by atoms with van der Waals surface area (Å²) in [6.45, 7) is 4.67. The molecule has 0 aliphatic heterocycles. The Morgan fingerprint density at radius 3 is 2.85 bits per heavy atom. The van der Waals surface area contributed by atoms with E-state index < -0.39 is 5.82 Å². The first-order chi connectivity index (χ1) is 9.47. The Morgan fingerprint density at radius 2 is 2.20 bits per heavy atom. The first kappa shape index (κ1) is 14.5. The van der Waals surface area contributed by atoms with Crippen LogP contribution >= 0.6 is 11.6 Å². The van der Waals surface area contributed by atoms with E-state index in [4.69, 9.17) is 11.6 Å². The molecule has 2 rings (SSSR count). The van der Waals surface area contributed by atoms with Crippen LogP contribution in [-0.4, -0.2) is 9.55 Å². The Kier molecular flexibility index (Phi) is 4.39. The van der Waals surface area contributed by atoms with Crippen molar-refractivity contribution < 1.29 is 4.39 Å². The molecule has 6 heteroatoms. The van der Waals surface area contributed by atoms with Gasteiger partial charge in [0.25, 0.3) is 5.56 Å². The minimum absolute atomic E-state index is 0.00608. The van der Waals surface area contributed by atoms with Gasteiger partial charge in [0, 0.05) is 24.6 Å². The number of nitrogens with zero attached hydrogens (tertiary/aromatic N) is 2. The summed E-state index contributed by atoms with van der Waals surface area (Å²) in [6.07, 6.45) is 3.20. The van der Waals surface area contributed by atoms with Gasteiger partial charge in [-0.25, -0.2) is 9.37 Å². The lowest BCUT2D eigenvalue weighted by atomic mass is 10.2. The zero-order valence-corrected chi connectivity index (χ0v) is 12.0. The van der Waals surface area contributed by atoms with Gasteiger partial charge in [-0.1, -0.05) is 25.4 Å². The predicted octanol–water partition coefficient (Wildman–Crippen LogP) is 3.44. The van der Waals surface area contributed by atoms with E-state index in [1.165, 1.54) is 18.2 Å². The minimum Gasteiger partial charge on any atom is -0.336 e. The summed E-state index contributed by atoms with van der Waals surface area (Å²) >= 11 is 5.70. The fraction of sp³-hybridized carbons (Fsp3) is 0.286. The summed E-state index contributed by atoms with van der Waals surface area (Å²) in [7, 11) is 0. The van der Waals surface area contributed by atoms with Gasteiger partial charge in [-0.3, -0.25) is 4.79 Å².